The van der Waals surface area contributed by atoms with Gasteiger partial charge in [0.25, 0.3) is 5.91 Å². The number of fused-ring (bicyclic) bond motifs is 1. The number of nitrogens with two attached hydrogens (primary N) is 1. The molecule has 1 atom stereocenters. The minimum absolute atomic E-state index is 0.0709. The Morgan fingerprint density at radius 2 is 2.16 bits per heavy atom. The van der Waals surface area contributed by atoms with E-state index in [0.29, 0.717) is 30.8 Å². The van der Waals surface area contributed by atoms with Crippen molar-refractivity contribution in [2.45, 2.75) is 31.8 Å². The summed E-state index contributed by atoms with van der Waals surface area (Å²) in [5.74, 6) is -0.166. The van der Waals surface area contributed by atoms with Crippen LogP contribution in [0.4, 0.5) is 5.69 Å². The second-order valence-electron chi connectivity index (χ2n) is 5.40. The molecule has 5 nitrogen and oxygen atoms in total. The van der Waals surface area contributed by atoms with E-state index in [0.717, 1.165) is 12.0 Å². The second kappa shape index (κ2) is 3.98. The Balaban J connectivity index is 1.99. The maximum atomic E-state index is 12.5. The first kappa shape index (κ1) is 12.0. The Labute approximate surface area is 111 Å². The topological polar surface area (TPSA) is 75.4 Å². The molecule has 2 aliphatic rings. The van der Waals surface area contributed by atoms with Gasteiger partial charge < -0.3 is 16.0 Å². The van der Waals surface area contributed by atoms with Crippen molar-refractivity contribution in [2.75, 3.05) is 12.3 Å². The van der Waals surface area contributed by atoms with Gasteiger partial charge in [0.2, 0.25) is 5.91 Å². The van der Waals surface area contributed by atoms with Crippen molar-refractivity contribution < 1.29 is 9.59 Å². The molecule has 1 unspecified atom stereocenters. The first-order valence-electron chi connectivity index (χ1n) is 6.52. The van der Waals surface area contributed by atoms with E-state index < -0.39 is 5.54 Å². The number of benzene rings is 1. The summed E-state index contributed by atoms with van der Waals surface area (Å²) in [5, 5.41) is 2.85. The van der Waals surface area contributed by atoms with Gasteiger partial charge in [-0.15, -0.1) is 0 Å². The van der Waals surface area contributed by atoms with Gasteiger partial charge in [-0.3, -0.25) is 9.59 Å². The minimum Gasteiger partial charge on any atom is -0.398 e. The van der Waals surface area contributed by atoms with Crippen molar-refractivity contribution in [3.63, 3.8) is 0 Å². The predicted octanol–water partition coefficient (Wildman–Crippen LogP) is 0.893. The van der Waals surface area contributed by atoms with E-state index in [-0.39, 0.29) is 11.8 Å². The number of carbonyl (C=O) groups excluding carboxylic acids is 2. The van der Waals surface area contributed by atoms with Gasteiger partial charge in [0, 0.05) is 29.9 Å². The van der Waals surface area contributed by atoms with E-state index in [2.05, 4.69) is 5.32 Å². The number of rotatable bonds is 1. The van der Waals surface area contributed by atoms with Crippen LogP contribution in [0.1, 0.15) is 35.7 Å². The molecular formula is C14H17N3O2. The summed E-state index contributed by atoms with van der Waals surface area (Å²) in [7, 11) is 0. The van der Waals surface area contributed by atoms with Crippen molar-refractivity contribution in [3.8, 4) is 0 Å². The first-order chi connectivity index (χ1) is 9.04. The molecule has 1 fully saturated rings. The zero-order valence-electron chi connectivity index (χ0n) is 10.9. The molecular weight excluding hydrogens is 242 g/mol. The Kier molecular flexibility index (Phi) is 2.52. The lowest BCUT2D eigenvalue weighted by molar-refractivity contribution is -0.133. The third-order valence-corrected chi connectivity index (χ3v) is 4.21. The van der Waals surface area contributed by atoms with Crippen LogP contribution in [-0.4, -0.2) is 28.8 Å². The van der Waals surface area contributed by atoms with Gasteiger partial charge in [-0.25, -0.2) is 0 Å². The normalized spacial score (nSPS) is 26.3. The Morgan fingerprint density at radius 3 is 2.84 bits per heavy atom. The number of nitrogens with one attached hydrogen (secondary N) is 1. The highest BCUT2D eigenvalue weighted by Crippen LogP contribution is 2.35. The highest BCUT2D eigenvalue weighted by Gasteiger charge is 2.47. The van der Waals surface area contributed by atoms with E-state index in [4.69, 9.17) is 5.73 Å². The molecule has 1 aromatic carbocycles. The lowest BCUT2D eigenvalue weighted by atomic mass is 9.89. The maximum Gasteiger partial charge on any atom is 0.255 e. The number of nitrogens with zero attached hydrogens (tertiary/aromatic N) is 1. The molecule has 1 aromatic rings. The number of anilines is 1. The molecule has 100 valence electrons. The second-order valence-corrected chi connectivity index (χ2v) is 5.40. The Hall–Kier alpha value is -2.04. The highest BCUT2D eigenvalue weighted by molar-refractivity contribution is 6.03. The summed E-state index contributed by atoms with van der Waals surface area (Å²) >= 11 is 0. The Bertz CT molecular complexity index is 570. The average Bonchev–Trinajstić information content (AvgIpc) is 2.73. The van der Waals surface area contributed by atoms with Crippen molar-refractivity contribution in [1.29, 1.82) is 0 Å². The van der Waals surface area contributed by atoms with Crippen molar-refractivity contribution in [2.24, 2.45) is 0 Å². The van der Waals surface area contributed by atoms with Crippen LogP contribution in [0.3, 0.4) is 0 Å². The van der Waals surface area contributed by atoms with Crippen LogP contribution in [0.25, 0.3) is 0 Å². The van der Waals surface area contributed by atoms with Crippen LogP contribution in [0.15, 0.2) is 18.2 Å². The lowest BCUT2D eigenvalue weighted by Crippen LogP contribution is -2.59. The monoisotopic (exact) mass is 259 g/mol. The number of piperidine rings is 1. The largest absolute Gasteiger partial charge is 0.398 e. The van der Waals surface area contributed by atoms with Crippen LogP contribution in [-0.2, 0) is 11.3 Å². The molecule has 0 aliphatic carbocycles. The molecule has 1 saturated heterocycles. The fraction of sp³-hybridized carbons (Fsp3) is 0.429. The maximum absolute atomic E-state index is 12.5. The zero-order valence-corrected chi connectivity index (χ0v) is 10.9. The molecule has 3 N–H and O–H groups in total. The van der Waals surface area contributed by atoms with E-state index >= 15 is 0 Å². The van der Waals surface area contributed by atoms with Gasteiger partial charge in [-0.2, -0.15) is 0 Å². The number of amides is 2. The zero-order chi connectivity index (χ0) is 13.6. The minimum atomic E-state index is -0.763. The molecule has 0 saturated carbocycles. The van der Waals surface area contributed by atoms with E-state index in [1.165, 1.54) is 0 Å². The molecule has 2 heterocycles. The molecule has 19 heavy (non-hydrogen) atoms. The molecule has 2 aliphatic heterocycles. The molecule has 2 amide bonds. The van der Waals surface area contributed by atoms with Crippen LogP contribution < -0.4 is 11.1 Å². The first-order valence-corrected chi connectivity index (χ1v) is 6.52. The fourth-order valence-corrected chi connectivity index (χ4v) is 2.95. The van der Waals surface area contributed by atoms with Gasteiger partial charge in [-0.1, -0.05) is 6.07 Å². The smallest absolute Gasteiger partial charge is 0.255 e. The number of hydrogen-bond acceptors (Lipinski definition) is 3. The van der Waals surface area contributed by atoms with Crippen LogP contribution >= 0.6 is 0 Å². The van der Waals surface area contributed by atoms with Crippen molar-refractivity contribution in [3.05, 3.63) is 29.3 Å². The molecule has 3 rings (SSSR count). The lowest BCUT2D eigenvalue weighted by Gasteiger charge is -2.40. The number of hydrogen-bond donors (Lipinski definition) is 2. The third-order valence-electron chi connectivity index (χ3n) is 4.21. The summed E-state index contributed by atoms with van der Waals surface area (Å²) in [6, 6.07) is 5.34. The highest BCUT2D eigenvalue weighted by atomic mass is 16.2. The summed E-state index contributed by atoms with van der Waals surface area (Å²) < 4.78 is 0. The van der Waals surface area contributed by atoms with Crippen LogP contribution in [0.2, 0.25) is 0 Å². The molecule has 5 heteroatoms. The molecule has 0 aromatic heterocycles. The number of carbonyl (C=O) groups is 2. The standard InChI is InChI=1S/C14H17N3O2/c1-14(6-3-7-16-13(14)19)17-8-10-9(12(17)18)4-2-5-11(10)15/h2,4-5H,3,6-8,15H2,1H3,(H,16,19). The molecule has 0 radical (unpaired) electrons. The van der Waals surface area contributed by atoms with Crippen LogP contribution in [0.5, 0.6) is 0 Å². The van der Waals surface area contributed by atoms with Crippen LogP contribution in [0, 0.1) is 0 Å². The van der Waals surface area contributed by atoms with E-state index in [9.17, 15) is 9.59 Å². The summed E-state index contributed by atoms with van der Waals surface area (Å²) in [6.07, 6.45) is 1.58. The summed E-state index contributed by atoms with van der Waals surface area (Å²) in [6.45, 7) is 2.94. The third kappa shape index (κ3) is 1.61. The fourth-order valence-electron chi connectivity index (χ4n) is 2.95. The Morgan fingerprint density at radius 1 is 1.37 bits per heavy atom. The predicted molar refractivity (Wildman–Crippen MR) is 71.4 cm³/mol. The van der Waals surface area contributed by atoms with Gasteiger partial charge >= 0.3 is 0 Å². The van der Waals surface area contributed by atoms with Gasteiger partial charge in [0.1, 0.15) is 5.54 Å². The number of nitrogen functional groups attached to an aromatic ring is 1. The molecule has 0 bridgehead atoms. The van der Waals surface area contributed by atoms with Crippen molar-refractivity contribution in [1.82, 2.24) is 10.2 Å². The summed E-state index contributed by atoms with van der Waals surface area (Å²) in [4.78, 5) is 26.3. The van der Waals surface area contributed by atoms with E-state index in [1.807, 2.05) is 6.92 Å². The van der Waals surface area contributed by atoms with E-state index in [1.54, 1.807) is 23.1 Å². The van der Waals surface area contributed by atoms with Gasteiger partial charge in [-0.05, 0) is 31.9 Å². The molecule has 0 spiro atoms. The van der Waals surface area contributed by atoms with Crippen molar-refractivity contribution >= 4 is 17.5 Å². The van der Waals surface area contributed by atoms with Gasteiger partial charge in [0.05, 0.1) is 0 Å². The summed E-state index contributed by atoms with van der Waals surface area (Å²) in [5.41, 5.74) is 7.24. The average molecular weight is 259 g/mol. The quantitative estimate of drug-likeness (QED) is 0.736. The van der Waals surface area contributed by atoms with Gasteiger partial charge in [0.15, 0.2) is 0 Å². The SMILES string of the molecule is CC1(N2Cc3c(N)cccc3C2=O)CCCNC1=O.